The third-order valence-corrected chi connectivity index (χ3v) is 3.51. The van der Waals surface area contributed by atoms with Gasteiger partial charge in [0.15, 0.2) is 0 Å². The van der Waals surface area contributed by atoms with Crippen molar-refractivity contribution in [1.29, 1.82) is 0 Å². The van der Waals surface area contributed by atoms with Crippen molar-refractivity contribution in [2.45, 2.75) is 5.92 Å². The zero-order valence-electron chi connectivity index (χ0n) is 8.27. The van der Waals surface area contributed by atoms with E-state index in [9.17, 15) is 0 Å². The Morgan fingerprint density at radius 1 is 0.800 bits per heavy atom. The van der Waals surface area contributed by atoms with Crippen LogP contribution in [0, 0.1) is 0 Å². The van der Waals surface area contributed by atoms with Crippen LogP contribution in [-0.4, -0.2) is 0 Å². The lowest BCUT2D eigenvalue weighted by atomic mass is 10.00. The standard InChI is InChI=1S/C15H10/c1-2-6-12-11(5-1)13-7-3-4-10-8-9-14(12)15(10)13/h1-9,14H. The molecule has 15 heavy (non-hydrogen) atoms. The fourth-order valence-electron chi connectivity index (χ4n) is 2.88. The molecule has 0 amide bonds. The van der Waals surface area contributed by atoms with Gasteiger partial charge in [0, 0.05) is 5.92 Å². The first-order valence-corrected chi connectivity index (χ1v) is 5.35. The summed E-state index contributed by atoms with van der Waals surface area (Å²) in [7, 11) is 0. The first-order chi connectivity index (χ1) is 7.45. The molecule has 0 heteroatoms. The molecular weight excluding hydrogens is 180 g/mol. The summed E-state index contributed by atoms with van der Waals surface area (Å²) in [5.41, 5.74) is 7.22. The van der Waals surface area contributed by atoms with Crippen molar-refractivity contribution in [3.8, 4) is 11.1 Å². The van der Waals surface area contributed by atoms with Gasteiger partial charge in [-0.3, -0.25) is 0 Å². The van der Waals surface area contributed by atoms with E-state index in [4.69, 9.17) is 0 Å². The summed E-state index contributed by atoms with van der Waals surface area (Å²) in [6.45, 7) is 0. The van der Waals surface area contributed by atoms with E-state index in [1.165, 1.54) is 27.8 Å². The third-order valence-electron chi connectivity index (χ3n) is 3.51. The van der Waals surface area contributed by atoms with E-state index in [0.717, 1.165) is 0 Å². The minimum atomic E-state index is 0.521. The van der Waals surface area contributed by atoms with Crippen LogP contribution in [0.5, 0.6) is 0 Å². The van der Waals surface area contributed by atoms with Crippen LogP contribution in [0.15, 0.2) is 48.5 Å². The number of fused-ring (bicyclic) bond motifs is 3. The van der Waals surface area contributed by atoms with Gasteiger partial charge >= 0.3 is 0 Å². The zero-order valence-corrected chi connectivity index (χ0v) is 8.27. The molecule has 1 atom stereocenters. The lowest BCUT2D eigenvalue weighted by Crippen LogP contribution is -1.88. The van der Waals surface area contributed by atoms with Crippen molar-refractivity contribution >= 4 is 6.08 Å². The number of allylic oxidation sites excluding steroid dienone is 1. The van der Waals surface area contributed by atoms with Crippen LogP contribution in [0.3, 0.4) is 0 Å². The third kappa shape index (κ3) is 0.782. The molecule has 0 heterocycles. The van der Waals surface area contributed by atoms with Gasteiger partial charge in [-0.2, -0.15) is 0 Å². The van der Waals surface area contributed by atoms with E-state index >= 15 is 0 Å². The molecule has 2 aromatic carbocycles. The summed E-state index contributed by atoms with van der Waals surface area (Å²) < 4.78 is 0. The van der Waals surface area contributed by atoms with E-state index in [1.54, 1.807) is 0 Å². The SMILES string of the molecule is C1=CC2c3ccccc3-c3cccc1c32. The Bertz CT molecular complexity index is 591. The molecule has 2 aliphatic carbocycles. The number of hydrogen-bond donors (Lipinski definition) is 0. The van der Waals surface area contributed by atoms with Crippen molar-refractivity contribution in [1.82, 2.24) is 0 Å². The molecule has 2 aromatic rings. The summed E-state index contributed by atoms with van der Waals surface area (Å²) in [6, 6.07) is 15.4. The summed E-state index contributed by atoms with van der Waals surface area (Å²) in [6.07, 6.45) is 4.57. The van der Waals surface area contributed by atoms with Crippen LogP contribution >= 0.6 is 0 Å². The topological polar surface area (TPSA) is 0 Å². The average Bonchev–Trinajstić information content (AvgIpc) is 2.85. The van der Waals surface area contributed by atoms with Crippen molar-refractivity contribution in [3.05, 3.63) is 65.2 Å². The highest BCUT2D eigenvalue weighted by Gasteiger charge is 2.30. The molecule has 2 aliphatic rings. The van der Waals surface area contributed by atoms with Crippen LogP contribution in [0.1, 0.15) is 22.6 Å². The van der Waals surface area contributed by atoms with E-state index in [1.807, 2.05) is 0 Å². The summed E-state index contributed by atoms with van der Waals surface area (Å²) >= 11 is 0. The Labute approximate surface area is 88.9 Å². The minimum absolute atomic E-state index is 0.521. The van der Waals surface area contributed by atoms with Crippen LogP contribution in [0.25, 0.3) is 17.2 Å². The Kier molecular flexibility index (Phi) is 1.20. The first kappa shape index (κ1) is 7.47. The van der Waals surface area contributed by atoms with Gasteiger partial charge < -0.3 is 0 Å². The predicted octanol–water partition coefficient (Wildman–Crippen LogP) is 3.83. The van der Waals surface area contributed by atoms with E-state index in [2.05, 4.69) is 54.6 Å². The van der Waals surface area contributed by atoms with Gasteiger partial charge in [-0.1, -0.05) is 54.6 Å². The van der Waals surface area contributed by atoms with E-state index in [0.29, 0.717) is 5.92 Å². The fraction of sp³-hybridized carbons (Fsp3) is 0.0667. The van der Waals surface area contributed by atoms with Crippen molar-refractivity contribution < 1.29 is 0 Å². The lowest BCUT2D eigenvalue weighted by molar-refractivity contribution is 1.10. The maximum absolute atomic E-state index is 2.32. The highest BCUT2D eigenvalue weighted by atomic mass is 14.3. The van der Waals surface area contributed by atoms with Gasteiger partial charge in [-0.15, -0.1) is 0 Å². The Morgan fingerprint density at radius 2 is 1.67 bits per heavy atom. The van der Waals surface area contributed by atoms with Crippen molar-refractivity contribution in [2.24, 2.45) is 0 Å². The van der Waals surface area contributed by atoms with Crippen molar-refractivity contribution in [3.63, 3.8) is 0 Å². The second-order valence-electron chi connectivity index (χ2n) is 4.23. The van der Waals surface area contributed by atoms with Crippen LogP contribution < -0.4 is 0 Å². The summed E-state index contributed by atoms with van der Waals surface area (Å²) in [5, 5.41) is 0. The van der Waals surface area contributed by atoms with Gasteiger partial charge in [0.1, 0.15) is 0 Å². The maximum Gasteiger partial charge on any atom is 0.0291 e. The fourth-order valence-corrected chi connectivity index (χ4v) is 2.88. The number of hydrogen-bond acceptors (Lipinski definition) is 0. The minimum Gasteiger partial charge on any atom is -0.0720 e. The van der Waals surface area contributed by atoms with Crippen molar-refractivity contribution in [2.75, 3.05) is 0 Å². The molecule has 0 aliphatic heterocycles. The van der Waals surface area contributed by atoms with Gasteiger partial charge in [0.2, 0.25) is 0 Å². The zero-order chi connectivity index (χ0) is 9.83. The molecule has 0 spiro atoms. The second-order valence-corrected chi connectivity index (χ2v) is 4.23. The predicted molar refractivity (Wildman–Crippen MR) is 62.8 cm³/mol. The van der Waals surface area contributed by atoms with Gasteiger partial charge in [0.05, 0.1) is 0 Å². The first-order valence-electron chi connectivity index (χ1n) is 5.35. The molecule has 0 saturated carbocycles. The summed E-state index contributed by atoms with van der Waals surface area (Å²) in [5.74, 6) is 0.521. The van der Waals surface area contributed by atoms with Gasteiger partial charge in [0.25, 0.3) is 0 Å². The Balaban J connectivity index is 2.18. The smallest absolute Gasteiger partial charge is 0.0291 e. The molecule has 0 fully saturated rings. The second kappa shape index (κ2) is 2.40. The Morgan fingerprint density at radius 3 is 2.67 bits per heavy atom. The monoisotopic (exact) mass is 190 g/mol. The molecule has 4 rings (SSSR count). The lowest BCUT2D eigenvalue weighted by Gasteiger charge is -2.03. The highest BCUT2D eigenvalue weighted by molar-refractivity contribution is 5.86. The number of rotatable bonds is 0. The molecule has 0 nitrogen and oxygen atoms in total. The summed E-state index contributed by atoms with van der Waals surface area (Å²) in [4.78, 5) is 0. The van der Waals surface area contributed by atoms with Crippen LogP contribution in [0.4, 0.5) is 0 Å². The normalized spacial score (nSPS) is 19.1. The molecule has 0 N–H and O–H groups in total. The van der Waals surface area contributed by atoms with Gasteiger partial charge in [-0.25, -0.2) is 0 Å². The molecule has 0 bridgehead atoms. The Hall–Kier alpha value is -1.82. The molecule has 1 unspecified atom stereocenters. The van der Waals surface area contributed by atoms with E-state index < -0.39 is 0 Å². The van der Waals surface area contributed by atoms with Gasteiger partial charge in [-0.05, 0) is 27.8 Å². The van der Waals surface area contributed by atoms with Crippen LogP contribution in [-0.2, 0) is 0 Å². The molecule has 0 radical (unpaired) electrons. The number of benzene rings is 2. The quantitative estimate of drug-likeness (QED) is 0.592. The average molecular weight is 190 g/mol. The molecular formula is C15H10. The molecule has 0 aromatic heterocycles. The van der Waals surface area contributed by atoms with E-state index in [-0.39, 0.29) is 0 Å². The molecule has 70 valence electrons. The molecule has 0 saturated heterocycles. The largest absolute Gasteiger partial charge is 0.0720 e. The maximum atomic E-state index is 2.32. The highest BCUT2D eigenvalue weighted by Crippen LogP contribution is 2.49. The van der Waals surface area contributed by atoms with Crippen LogP contribution in [0.2, 0.25) is 0 Å².